The number of benzene rings is 3. The van der Waals surface area contributed by atoms with Crippen molar-refractivity contribution in [1.82, 2.24) is 9.97 Å². The highest BCUT2D eigenvalue weighted by atomic mass is 32.1. The summed E-state index contributed by atoms with van der Waals surface area (Å²) in [7, 11) is 0. The van der Waals surface area contributed by atoms with Crippen LogP contribution in [0.1, 0.15) is 16.7 Å². The fourth-order valence-corrected chi connectivity index (χ4v) is 4.35. The van der Waals surface area contributed by atoms with Gasteiger partial charge in [-0.2, -0.15) is 0 Å². The summed E-state index contributed by atoms with van der Waals surface area (Å²) in [6.07, 6.45) is 0. The van der Waals surface area contributed by atoms with Crippen LogP contribution in [-0.2, 0) is 0 Å². The quantitative estimate of drug-likeness (QED) is 0.342. The van der Waals surface area contributed by atoms with E-state index in [4.69, 9.17) is 5.48 Å². The number of fused-ring (bicyclic) bond motifs is 3. The van der Waals surface area contributed by atoms with Crippen LogP contribution < -0.4 is 0 Å². The summed E-state index contributed by atoms with van der Waals surface area (Å²) in [6.45, 7) is 3.48. The third-order valence-corrected chi connectivity index (χ3v) is 5.65. The van der Waals surface area contributed by atoms with E-state index in [0.717, 1.165) is 5.56 Å². The summed E-state index contributed by atoms with van der Waals surface area (Å²) in [5, 5.41) is 2.37. The smallest absolute Gasteiger partial charge is 0.160 e. The van der Waals surface area contributed by atoms with E-state index in [1.807, 2.05) is 31.2 Å². The van der Waals surface area contributed by atoms with E-state index in [0.29, 0.717) is 17.0 Å². The van der Waals surface area contributed by atoms with E-state index in [1.165, 1.54) is 20.2 Å². The molecule has 5 rings (SSSR count). The minimum atomic E-state index is -0.207. The molecule has 0 saturated carbocycles. The molecule has 0 aliphatic rings. The van der Waals surface area contributed by atoms with Gasteiger partial charge in [-0.25, -0.2) is 9.97 Å². The first-order valence-electron chi connectivity index (χ1n) is 10.7. The molecule has 2 aromatic heterocycles. The summed E-state index contributed by atoms with van der Waals surface area (Å²) in [5.74, 6) is 0.247. The fourth-order valence-electron chi connectivity index (χ4n) is 3.26. The number of aryl methyl sites for hydroxylation is 1. The van der Waals surface area contributed by atoms with Gasteiger partial charge in [-0.15, -0.1) is 11.3 Å². The van der Waals surface area contributed by atoms with Crippen LogP contribution >= 0.6 is 11.3 Å². The molecule has 0 saturated heterocycles. The predicted molar refractivity (Wildman–Crippen MR) is 115 cm³/mol. The Labute approximate surface area is 167 Å². The van der Waals surface area contributed by atoms with Gasteiger partial charge < -0.3 is 0 Å². The molecule has 0 unspecified atom stereocenters. The molecule has 0 amide bonds. The van der Waals surface area contributed by atoms with Crippen molar-refractivity contribution in [2.75, 3.05) is 0 Å². The average molecular weight is 371 g/mol. The van der Waals surface area contributed by atoms with Crippen LogP contribution in [0.15, 0.2) is 72.7 Å². The number of aromatic nitrogens is 2. The van der Waals surface area contributed by atoms with Gasteiger partial charge in [-0.1, -0.05) is 48.0 Å². The lowest BCUT2D eigenvalue weighted by atomic mass is 10.1. The number of rotatable bonds is 2. The molecule has 0 N–H and O–H groups in total. The number of hydrogen-bond donors (Lipinski definition) is 0. The highest BCUT2D eigenvalue weighted by molar-refractivity contribution is 7.25. The maximum absolute atomic E-state index is 8.43. The van der Waals surface area contributed by atoms with E-state index in [1.54, 1.807) is 18.3 Å². The minimum absolute atomic E-state index is 0.0295. The van der Waals surface area contributed by atoms with E-state index < -0.39 is 0 Å². The monoisotopic (exact) mass is 370 g/mol. The molecule has 0 aliphatic carbocycles. The molecule has 130 valence electrons. The molecule has 5 aromatic rings. The van der Waals surface area contributed by atoms with Crippen molar-refractivity contribution in [3.05, 3.63) is 84.0 Å². The Hall–Kier alpha value is -3.04. The lowest BCUT2D eigenvalue weighted by Gasteiger charge is -2.07. The second kappa shape index (κ2) is 6.29. The summed E-state index contributed by atoms with van der Waals surface area (Å²) in [4.78, 5) is 9.16. The predicted octanol–water partition coefficient (Wildman–Crippen LogP) is 6.80. The van der Waals surface area contributed by atoms with Crippen molar-refractivity contribution >= 4 is 31.5 Å². The third-order valence-electron chi connectivity index (χ3n) is 4.50. The van der Waals surface area contributed by atoms with Gasteiger partial charge in [-0.05, 0) is 44.2 Å². The molecule has 0 bridgehead atoms. The van der Waals surface area contributed by atoms with Crippen LogP contribution in [0.5, 0.6) is 0 Å². The summed E-state index contributed by atoms with van der Waals surface area (Å²) < 4.78 is 35.2. The van der Waals surface area contributed by atoms with E-state index in [-0.39, 0.29) is 35.6 Å². The first kappa shape index (κ1) is 12.4. The molecule has 3 aromatic carbocycles. The molecular formula is C24H18N2S. The van der Waals surface area contributed by atoms with Crippen LogP contribution in [-0.4, -0.2) is 9.97 Å². The molecule has 27 heavy (non-hydrogen) atoms. The van der Waals surface area contributed by atoms with Crippen molar-refractivity contribution in [1.29, 1.82) is 0 Å². The van der Waals surface area contributed by atoms with Crippen molar-refractivity contribution in [3.63, 3.8) is 0 Å². The lowest BCUT2D eigenvalue weighted by Crippen LogP contribution is -1.95. The van der Waals surface area contributed by atoms with Crippen molar-refractivity contribution in [2.24, 2.45) is 0 Å². The molecule has 0 radical (unpaired) electrons. The molecule has 0 atom stereocenters. The van der Waals surface area contributed by atoms with Gasteiger partial charge in [0.05, 0.1) is 11.2 Å². The first-order chi connectivity index (χ1) is 14.8. The van der Waals surface area contributed by atoms with E-state index >= 15 is 0 Å². The first-order valence-corrected chi connectivity index (χ1v) is 9.51. The number of thiophene rings is 1. The topological polar surface area (TPSA) is 25.8 Å². The van der Waals surface area contributed by atoms with Crippen LogP contribution in [0.3, 0.4) is 0 Å². The Balaban J connectivity index is 1.73. The van der Waals surface area contributed by atoms with Gasteiger partial charge in [0.25, 0.3) is 0 Å². The highest BCUT2D eigenvalue weighted by Crippen LogP contribution is 2.36. The maximum Gasteiger partial charge on any atom is 0.160 e. The average Bonchev–Trinajstić information content (AvgIpc) is 3.14. The number of hydrogen-bond acceptors (Lipinski definition) is 3. The van der Waals surface area contributed by atoms with Gasteiger partial charge in [0.1, 0.15) is 0 Å². The minimum Gasteiger partial charge on any atom is -0.233 e. The Bertz CT molecular complexity index is 1480. The standard InChI is InChI=1S/C24H18N2S/c1-15-6-5-7-18(12-15)24-25-16(2)13-21(26-24)17-10-11-23-20(14-17)19-8-3-4-9-22(19)27-23/h3-14H,1-2H3/i5D,6D,7D,12D. The zero-order valence-corrected chi connectivity index (χ0v) is 15.7. The Morgan fingerprint density at radius 2 is 1.70 bits per heavy atom. The van der Waals surface area contributed by atoms with Gasteiger partial charge in [0, 0.05) is 37.0 Å². The summed E-state index contributed by atoms with van der Waals surface area (Å²) >= 11 is 1.76. The van der Waals surface area contributed by atoms with Crippen LogP contribution in [0.4, 0.5) is 0 Å². The van der Waals surface area contributed by atoms with Crippen LogP contribution in [0.25, 0.3) is 42.8 Å². The SMILES string of the molecule is [2H]c1c([2H])c(C)c([2H])c(-c2nc(C)cc(-c3ccc4sc5ccccc5c4c3)n2)c1[2H]. The largest absolute Gasteiger partial charge is 0.233 e. The normalized spacial score (nSPS) is 13.4. The second-order valence-corrected chi connectivity index (χ2v) is 7.61. The Morgan fingerprint density at radius 3 is 2.63 bits per heavy atom. The molecule has 2 heterocycles. The van der Waals surface area contributed by atoms with Crippen LogP contribution in [0, 0.1) is 13.8 Å². The van der Waals surface area contributed by atoms with Crippen molar-refractivity contribution < 1.29 is 5.48 Å². The van der Waals surface area contributed by atoms with Crippen molar-refractivity contribution in [3.8, 4) is 22.6 Å². The third kappa shape index (κ3) is 2.90. The Kier molecular flexibility index (Phi) is 2.88. The van der Waals surface area contributed by atoms with E-state index in [2.05, 4.69) is 34.2 Å². The van der Waals surface area contributed by atoms with Gasteiger partial charge in [-0.3, -0.25) is 0 Å². The lowest BCUT2D eigenvalue weighted by molar-refractivity contribution is 1.11. The van der Waals surface area contributed by atoms with Crippen LogP contribution in [0.2, 0.25) is 0 Å². The second-order valence-electron chi connectivity index (χ2n) is 6.53. The number of nitrogens with zero attached hydrogens (tertiary/aromatic N) is 2. The molecule has 2 nitrogen and oxygen atoms in total. The Morgan fingerprint density at radius 1 is 0.852 bits per heavy atom. The fraction of sp³-hybridized carbons (Fsp3) is 0.0833. The molecule has 0 fully saturated rings. The highest BCUT2D eigenvalue weighted by Gasteiger charge is 2.10. The maximum atomic E-state index is 8.43. The summed E-state index contributed by atoms with van der Waals surface area (Å²) in [6, 6.07) is 16.0. The molecule has 3 heteroatoms. The molecular weight excluding hydrogens is 348 g/mol. The molecule has 0 aliphatic heterocycles. The summed E-state index contributed by atoms with van der Waals surface area (Å²) in [5.41, 5.74) is 2.91. The van der Waals surface area contributed by atoms with Gasteiger partial charge >= 0.3 is 0 Å². The van der Waals surface area contributed by atoms with Crippen molar-refractivity contribution in [2.45, 2.75) is 13.8 Å². The zero-order chi connectivity index (χ0) is 21.9. The van der Waals surface area contributed by atoms with E-state index in [9.17, 15) is 0 Å². The van der Waals surface area contributed by atoms with Gasteiger partial charge in [0.2, 0.25) is 0 Å². The zero-order valence-electron chi connectivity index (χ0n) is 18.9. The van der Waals surface area contributed by atoms with Gasteiger partial charge in [0.15, 0.2) is 5.82 Å². The molecule has 0 spiro atoms.